The van der Waals surface area contributed by atoms with E-state index in [4.69, 9.17) is 4.52 Å². The number of aromatic nitrogens is 2. The first kappa shape index (κ1) is 26.2. The summed E-state index contributed by atoms with van der Waals surface area (Å²) in [4.78, 5) is 33.0. The number of nitrogens with zero attached hydrogens (tertiary/aromatic N) is 3. The smallest absolute Gasteiger partial charge is 0.253 e. The Kier molecular flexibility index (Phi) is 7.24. The molecule has 1 aliphatic heterocycles. The van der Waals surface area contributed by atoms with Crippen LogP contribution in [-0.4, -0.2) is 39.9 Å². The van der Waals surface area contributed by atoms with Crippen molar-refractivity contribution in [2.75, 3.05) is 13.1 Å². The summed E-state index contributed by atoms with van der Waals surface area (Å²) < 4.78 is 32.1. The molecule has 0 saturated carbocycles. The molecule has 1 saturated heterocycles. The summed E-state index contributed by atoms with van der Waals surface area (Å²) in [7, 11) is 0. The summed E-state index contributed by atoms with van der Waals surface area (Å²) >= 11 is 0. The maximum absolute atomic E-state index is 13.8. The van der Waals surface area contributed by atoms with Crippen molar-refractivity contribution in [1.29, 1.82) is 0 Å². The average molecular weight is 531 g/mol. The highest BCUT2D eigenvalue weighted by Crippen LogP contribution is 2.37. The number of halogens is 2. The second-order valence-corrected chi connectivity index (χ2v) is 9.84. The summed E-state index contributed by atoms with van der Waals surface area (Å²) in [6, 6.07) is 18.6. The molecule has 5 rings (SSSR count). The van der Waals surface area contributed by atoms with E-state index in [9.17, 15) is 18.4 Å². The quantitative estimate of drug-likeness (QED) is 0.362. The third-order valence-electron chi connectivity index (χ3n) is 7.37. The molecule has 1 aromatic heterocycles. The van der Waals surface area contributed by atoms with Crippen LogP contribution in [0.1, 0.15) is 53.2 Å². The summed E-state index contributed by atoms with van der Waals surface area (Å²) in [5.41, 5.74) is 1.77. The molecule has 0 bridgehead atoms. The molecule has 2 heterocycles. The van der Waals surface area contributed by atoms with Gasteiger partial charge < -0.3 is 14.7 Å². The van der Waals surface area contributed by atoms with Gasteiger partial charge in [0.05, 0.1) is 11.5 Å². The Morgan fingerprint density at radius 3 is 2.08 bits per heavy atom. The van der Waals surface area contributed by atoms with Crippen LogP contribution >= 0.6 is 0 Å². The summed E-state index contributed by atoms with van der Waals surface area (Å²) in [5.74, 6) is -0.178. The molecule has 1 aliphatic rings. The van der Waals surface area contributed by atoms with E-state index in [0.717, 1.165) is 11.1 Å². The van der Waals surface area contributed by atoms with Gasteiger partial charge in [-0.2, -0.15) is 4.98 Å². The normalized spacial score (nSPS) is 15.5. The number of hydrogen-bond acceptors (Lipinski definition) is 5. The fourth-order valence-corrected chi connectivity index (χ4v) is 5.04. The van der Waals surface area contributed by atoms with Crippen molar-refractivity contribution >= 4 is 11.8 Å². The van der Waals surface area contributed by atoms with Gasteiger partial charge >= 0.3 is 0 Å². The Hall–Kier alpha value is -4.40. The molecule has 200 valence electrons. The van der Waals surface area contributed by atoms with Gasteiger partial charge in [-0.1, -0.05) is 41.6 Å². The van der Waals surface area contributed by atoms with Gasteiger partial charge in [0.25, 0.3) is 5.91 Å². The molecule has 0 spiro atoms. The fraction of sp³-hybridized carbons (Fsp3) is 0.267. The molecule has 3 aromatic carbocycles. The minimum Gasteiger partial charge on any atom is -0.349 e. The summed E-state index contributed by atoms with van der Waals surface area (Å²) in [6.45, 7) is 4.24. The van der Waals surface area contributed by atoms with Gasteiger partial charge in [0, 0.05) is 31.1 Å². The molecular formula is C30H28F2N4O3. The number of likely N-dealkylation sites (tertiary alicyclic amines) is 1. The fourth-order valence-electron chi connectivity index (χ4n) is 5.04. The molecule has 7 nitrogen and oxygen atoms in total. The Morgan fingerprint density at radius 2 is 1.51 bits per heavy atom. The molecule has 9 heteroatoms. The van der Waals surface area contributed by atoms with Gasteiger partial charge in [0.15, 0.2) is 0 Å². The third-order valence-corrected chi connectivity index (χ3v) is 7.37. The van der Waals surface area contributed by atoms with Crippen LogP contribution in [0.5, 0.6) is 0 Å². The lowest BCUT2D eigenvalue weighted by molar-refractivity contribution is -0.129. The highest BCUT2D eigenvalue weighted by molar-refractivity contribution is 5.95. The predicted molar refractivity (Wildman–Crippen MR) is 141 cm³/mol. The lowest BCUT2D eigenvalue weighted by Gasteiger charge is -2.41. The lowest BCUT2D eigenvalue weighted by atomic mass is 9.71. The van der Waals surface area contributed by atoms with E-state index in [1.807, 2.05) is 6.92 Å². The first-order valence-electron chi connectivity index (χ1n) is 12.8. The Labute approximate surface area is 224 Å². The Morgan fingerprint density at radius 1 is 0.923 bits per heavy atom. The van der Waals surface area contributed by atoms with E-state index >= 15 is 0 Å². The van der Waals surface area contributed by atoms with E-state index < -0.39 is 5.41 Å². The van der Waals surface area contributed by atoms with E-state index in [1.165, 1.54) is 24.3 Å². The highest BCUT2D eigenvalue weighted by Gasteiger charge is 2.44. The zero-order valence-electron chi connectivity index (χ0n) is 21.7. The van der Waals surface area contributed by atoms with Crippen LogP contribution in [0.25, 0.3) is 11.4 Å². The molecule has 0 radical (unpaired) electrons. The second kappa shape index (κ2) is 10.8. The van der Waals surface area contributed by atoms with Crippen LogP contribution in [0.3, 0.4) is 0 Å². The second-order valence-electron chi connectivity index (χ2n) is 9.84. The number of amides is 2. The predicted octanol–water partition coefficient (Wildman–Crippen LogP) is 5.37. The Balaban J connectivity index is 1.33. The number of piperidine rings is 1. The summed E-state index contributed by atoms with van der Waals surface area (Å²) in [6.07, 6.45) is 0.735. The molecular weight excluding hydrogens is 502 g/mol. The van der Waals surface area contributed by atoms with E-state index in [1.54, 1.807) is 60.4 Å². The molecule has 1 fully saturated rings. The van der Waals surface area contributed by atoms with Crippen molar-refractivity contribution in [3.63, 3.8) is 0 Å². The molecule has 1 N–H and O–H groups in total. The molecule has 2 amide bonds. The van der Waals surface area contributed by atoms with E-state index in [0.29, 0.717) is 48.8 Å². The number of rotatable bonds is 6. The minimum absolute atomic E-state index is 0.140. The van der Waals surface area contributed by atoms with Gasteiger partial charge in [-0.3, -0.25) is 9.59 Å². The summed E-state index contributed by atoms with van der Waals surface area (Å²) in [5, 5.41) is 6.96. The van der Waals surface area contributed by atoms with Gasteiger partial charge in [0.2, 0.25) is 17.6 Å². The first-order chi connectivity index (χ1) is 18.7. The molecule has 4 aromatic rings. The average Bonchev–Trinajstić information content (AvgIpc) is 3.39. The van der Waals surface area contributed by atoms with Crippen molar-refractivity contribution < 1.29 is 22.9 Å². The van der Waals surface area contributed by atoms with Crippen LogP contribution in [0.15, 0.2) is 77.3 Å². The number of carbonyl (C=O) groups excluding carboxylic acids is 2. The maximum atomic E-state index is 13.8. The standard InChI is InChI=1S/C30H28F2N4O3/c1-19(21-7-11-25(31)12-8-21)33-29(38)30(24-9-13-26(32)14-10-24)15-17-36(18-16-30)28(37)23-5-3-22(4-6-23)27-34-20(2)39-35-27/h3-14,19H,15-18H2,1-2H3,(H,33,38)/t19-/m0/s1. The number of aryl methyl sites for hydroxylation is 1. The van der Waals surface area contributed by atoms with Crippen molar-refractivity contribution in [2.24, 2.45) is 0 Å². The molecule has 39 heavy (non-hydrogen) atoms. The third kappa shape index (κ3) is 5.43. The molecule has 0 unspecified atom stereocenters. The molecule has 1 atom stereocenters. The molecule has 0 aliphatic carbocycles. The monoisotopic (exact) mass is 530 g/mol. The number of benzene rings is 3. The van der Waals surface area contributed by atoms with Gasteiger partial charge in [0.1, 0.15) is 11.6 Å². The topological polar surface area (TPSA) is 88.3 Å². The van der Waals surface area contributed by atoms with Crippen LogP contribution in [0, 0.1) is 18.6 Å². The Bertz CT molecular complexity index is 1460. The maximum Gasteiger partial charge on any atom is 0.253 e. The zero-order valence-corrected chi connectivity index (χ0v) is 21.7. The van der Waals surface area contributed by atoms with Gasteiger partial charge in [-0.05, 0) is 67.3 Å². The van der Waals surface area contributed by atoms with Gasteiger partial charge in [-0.25, -0.2) is 8.78 Å². The van der Waals surface area contributed by atoms with E-state index in [-0.39, 0.29) is 29.5 Å². The van der Waals surface area contributed by atoms with Crippen molar-refractivity contribution in [3.8, 4) is 11.4 Å². The van der Waals surface area contributed by atoms with Crippen molar-refractivity contribution in [3.05, 3.63) is 107 Å². The lowest BCUT2D eigenvalue weighted by Crippen LogP contribution is -2.53. The van der Waals surface area contributed by atoms with Crippen molar-refractivity contribution in [1.82, 2.24) is 20.4 Å². The minimum atomic E-state index is -0.945. The van der Waals surface area contributed by atoms with Crippen LogP contribution in [0.4, 0.5) is 8.78 Å². The van der Waals surface area contributed by atoms with Crippen molar-refractivity contribution in [2.45, 2.75) is 38.1 Å². The van der Waals surface area contributed by atoms with Gasteiger partial charge in [-0.15, -0.1) is 0 Å². The number of hydrogen-bond donors (Lipinski definition) is 1. The number of nitrogens with one attached hydrogen (secondary N) is 1. The van der Waals surface area contributed by atoms with Crippen LogP contribution in [0.2, 0.25) is 0 Å². The SMILES string of the molecule is Cc1nc(-c2ccc(C(=O)N3CCC(C(=O)N[C@@H](C)c4ccc(F)cc4)(c4ccc(F)cc4)CC3)cc2)no1. The zero-order chi connectivity index (χ0) is 27.6. The van der Waals surface area contributed by atoms with Crippen LogP contribution in [-0.2, 0) is 10.2 Å². The largest absolute Gasteiger partial charge is 0.349 e. The van der Waals surface area contributed by atoms with Crippen LogP contribution < -0.4 is 5.32 Å². The number of carbonyl (C=O) groups is 2. The van der Waals surface area contributed by atoms with E-state index in [2.05, 4.69) is 15.5 Å². The highest BCUT2D eigenvalue weighted by atomic mass is 19.1. The first-order valence-corrected chi connectivity index (χ1v) is 12.8.